The van der Waals surface area contributed by atoms with Crippen LogP contribution in [-0.2, 0) is 47.9 Å². The van der Waals surface area contributed by atoms with Crippen molar-refractivity contribution in [3.05, 3.63) is 0 Å². The van der Waals surface area contributed by atoms with Crippen LogP contribution in [0.3, 0.4) is 0 Å². The molecule has 0 aliphatic carbocycles. The fraction of sp³-hybridized carbons (Fsp3) is 0.756. The van der Waals surface area contributed by atoms with E-state index in [4.69, 9.17) is 11.5 Å². The largest absolute Gasteiger partial charge is 0.391 e. The molecule has 0 radical (unpaired) electrons. The lowest BCUT2D eigenvalue weighted by atomic mass is 9.95. The zero-order valence-electron chi connectivity index (χ0n) is 42.1. The number of aliphatic hydroxyl groups is 1. The Balaban J connectivity index is 3.30. The fourth-order valence-corrected chi connectivity index (χ4v) is 7.39. The summed E-state index contributed by atoms with van der Waals surface area (Å²) < 4.78 is 0. The molecule has 10 atom stereocenters. The number of guanidine groups is 1. The molecule has 1 saturated heterocycles. The molecule has 0 unspecified atom stereocenters. The molecule has 1 aliphatic heterocycles. The van der Waals surface area contributed by atoms with Gasteiger partial charge in [-0.15, -0.1) is 0 Å². The summed E-state index contributed by atoms with van der Waals surface area (Å²) in [5.41, 5.74) is 11.0. The van der Waals surface area contributed by atoms with Crippen molar-refractivity contribution in [3.63, 3.8) is 0 Å². The summed E-state index contributed by atoms with van der Waals surface area (Å²) in [6, 6.07) is -8.31. The van der Waals surface area contributed by atoms with E-state index in [0.717, 1.165) is 0 Å². The van der Waals surface area contributed by atoms with Gasteiger partial charge in [0.15, 0.2) is 5.96 Å². The van der Waals surface area contributed by atoms with Crippen molar-refractivity contribution in [2.75, 3.05) is 32.7 Å². The van der Waals surface area contributed by atoms with Crippen molar-refractivity contribution in [2.24, 2.45) is 34.2 Å². The molecule has 24 nitrogen and oxygen atoms in total. The molecule has 0 saturated carbocycles. The van der Waals surface area contributed by atoms with Crippen LogP contribution in [0.1, 0.15) is 121 Å². The third-order valence-electron chi connectivity index (χ3n) is 11.8. The lowest BCUT2D eigenvalue weighted by Gasteiger charge is -2.32. The second kappa shape index (κ2) is 31.1. The van der Waals surface area contributed by atoms with Gasteiger partial charge in [0, 0.05) is 26.6 Å². The molecule has 0 aromatic rings. The molecule has 1 rings (SSSR count). The molecule has 1 aliphatic rings. The predicted molar refractivity (Wildman–Crippen MR) is 257 cm³/mol. The Bertz CT molecular complexity index is 1790. The lowest BCUT2D eigenvalue weighted by Crippen LogP contribution is -2.63. The first-order valence-corrected chi connectivity index (χ1v) is 24.1. The van der Waals surface area contributed by atoms with Crippen molar-refractivity contribution in [2.45, 2.75) is 169 Å². The van der Waals surface area contributed by atoms with E-state index in [1.165, 1.54) is 18.7 Å². The molecule has 10 amide bonds. The number of carbonyl (C=O) groups excluding carboxylic acids is 10. The second-order valence-electron chi connectivity index (χ2n) is 17.9. The average molecular weight is 980 g/mol. The Hall–Kier alpha value is -6.07. The number of amides is 10. The van der Waals surface area contributed by atoms with Crippen LogP contribution in [-0.4, -0.2) is 156 Å². The minimum absolute atomic E-state index is 0.0851. The van der Waals surface area contributed by atoms with E-state index >= 15 is 0 Å². The number of nitrogens with two attached hydrogens (primary N) is 2. The van der Waals surface area contributed by atoms with E-state index in [-0.39, 0.29) is 37.8 Å². The highest BCUT2D eigenvalue weighted by Crippen LogP contribution is 2.21. The Morgan fingerprint density at radius 2 is 1.16 bits per heavy atom. The normalized spacial score (nSPS) is 17.2. The topological polar surface area (TPSA) is 367 Å². The standard InChI is InChI=1S/C45H81N13O11/c1-11-17-29(38(63)55-35(25(7)12-2)41(66)53-30(18-15-20-49-45(46)47)44(69)58-21-16-19-31(58)39(64)48-14-4)52-43(68)37(27(9)59)57-42(67)36(26(8)13-3)56-40(65)34(24(5)6)54-33(62)23-51-32(61)22-50-28(10)60/h24-27,29-31,34-37,59H,11-23H2,1-10H3,(H,48,64)(H,50,60)(H,51,61)(H,52,68)(H,53,66)(H,54,62)(H,55,63)(H,56,65)(H,57,67)(H4,46,47,49)/t25-,26-,27+,29-,30-,31-,34-,35-,36+,37-/m0/s1. The summed E-state index contributed by atoms with van der Waals surface area (Å²) in [6.45, 7) is 16.3. The molecule has 392 valence electrons. The SMILES string of the molecule is CCC[C@H](NC(=O)[C@@H](NC(=O)[C@H](NC(=O)[C@@H](NC(=O)CNC(=O)CNC(C)=O)C(C)C)[C@@H](C)CC)[C@@H](C)O)C(=O)N[C@H](C(=O)N[C@@H](CCCN=C(N)N)C(=O)N1CCC[C@H]1C(=O)NCC)[C@@H](C)CC. The molecule has 69 heavy (non-hydrogen) atoms. The number of aliphatic hydroxyl groups excluding tert-OH is 1. The van der Waals surface area contributed by atoms with Crippen LogP contribution in [0.25, 0.3) is 0 Å². The first-order valence-electron chi connectivity index (χ1n) is 24.1. The van der Waals surface area contributed by atoms with Crippen molar-refractivity contribution < 1.29 is 53.1 Å². The predicted octanol–water partition coefficient (Wildman–Crippen LogP) is -2.74. The highest BCUT2D eigenvalue weighted by atomic mass is 16.3. The number of nitrogens with one attached hydrogen (secondary N) is 9. The summed E-state index contributed by atoms with van der Waals surface area (Å²) in [6.07, 6.45) is 1.22. The number of likely N-dealkylation sites (N-methyl/N-ethyl adjacent to an activating group) is 1. The number of hydrogen-bond acceptors (Lipinski definition) is 12. The van der Waals surface area contributed by atoms with Gasteiger partial charge in [-0.1, -0.05) is 67.7 Å². The van der Waals surface area contributed by atoms with Crippen LogP contribution in [0.2, 0.25) is 0 Å². The summed E-state index contributed by atoms with van der Waals surface area (Å²) >= 11 is 0. The summed E-state index contributed by atoms with van der Waals surface area (Å²) in [5, 5.41) is 34.1. The minimum atomic E-state index is -1.62. The van der Waals surface area contributed by atoms with Gasteiger partial charge < -0.3 is 69.3 Å². The van der Waals surface area contributed by atoms with Crippen LogP contribution < -0.4 is 59.3 Å². The first-order chi connectivity index (χ1) is 32.4. The Kier molecular flexibility index (Phi) is 27.5. The average Bonchev–Trinajstić information content (AvgIpc) is 3.79. The van der Waals surface area contributed by atoms with Crippen LogP contribution in [0.15, 0.2) is 4.99 Å². The van der Waals surface area contributed by atoms with Crippen molar-refractivity contribution in [1.29, 1.82) is 0 Å². The van der Waals surface area contributed by atoms with Gasteiger partial charge in [0.1, 0.15) is 42.3 Å². The van der Waals surface area contributed by atoms with Gasteiger partial charge in [-0.3, -0.25) is 52.9 Å². The number of likely N-dealkylation sites (tertiary alicyclic amines) is 1. The summed E-state index contributed by atoms with van der Waals surface area (Å²) in [5.74, 6) is -8.09. The van der Waals surface area contributed by atoms with E-state index < -0.39 is 126 Å². The van der Waals surface area contributed by atoms with Gasteiger partial charge in [0.2, 0.25) is 59.1 Å². The molecule has 0 aromatic heterocycles. The number of rotatable bonds is 30. The Morgan fingerprint density at radius 1 is 0.638 bits per heavy atom. The summed E-state index contributed by atoms with van der Waals surface area (Å²) in [7, 11) is 0. The smallest absolute Gasteiger partial charge is 0.245 e. The third-order valence-corrected chi connectivity index (χ3v) is 11.8. The number of hydrogen-bond donors (Lipinski definition) is 12. The van der Waals surface area contributed by atoms with Crippen molar-refractivity contribution in [3.8, 4) is 0 Å². The lowest BCUT2D eigenvalue weighted by molar-refractivity contribution is -0.142. The maximum Gasteiger partial charge on any atom is 0.245 e. The molecule has 1 heterocycles. The fourth-order valence-electron chi connectivity index (χ4n) is 7.39. The van der Waals surface area contributed by atoms with Crippen LogP contribution in [0.4, 0.5) is 0 Å². The summed E-state index contributed by atoms with van der Waals surface area (Å²) in [4.78, 5) is 138. The van der Waals surface area contributed by atoms with Gasteiger partial charge in [-0.2, -0.15) is 0 Å². The zero-order valence-corrected chi connectivity index (χ0v) is 42.1. The van der Waals surface area contributed by atoms with E-state index in [0.29, 0.717) is 51.6 Å². The van der Waals surface area contributed by atoms with E-state index in [9.17, 15) is 53.1 Å². The van der Waals surface area contributed by atoms with Gasteiger partial charge in [-0.05, 0) is 63.7 Å². The number of nitrogens with zero attached hydrogens (tertiary/aromatic N) is 2. The van der Waals surface area contributed by atoms with Crippen LogP contribution in [0, 0.1) is 17.8 Å². The van der Waals surface area contributed by atoms with Crippen LogP contribution >= 0.6 is 0 Å². The van der Waals surface area contributed by atoms with Gasteiger partial charge in [0.25, 0.3) is 0 Å². The van der Waals surface area contributed by atoms with Gasteiger partial charge in [-0.25, -0.2) is 0 Å². The molecular formula is C45H81N13O11. The Morgan fingerprint density at radius 3 is 1.68 bits per heavy atom. The van der Waals surface area contributed by atoms with Gasteiger partial charge in [0.05, 0.1) is 19.2 Å². The minimum Gasteiger partial charge on any atom is -0.391 e. The highest BCUT2D eigenvalue weighted by Gasteiger charge is 2.40. The molecule has 1 fully saturated rings. The van der Waals surface area contributed by atoms with Crippen molar-refractivity contribution >= 4 is 65.0 Å². The molecule has 24 heteroatoms. The zero-order chi connectivity index (χ0) is 52.5. The quantitative estimate of drug-likeness (QED) is 0.0198. The molecule has 0 spiro atoms. The maximum absolute atomic E-state index is 14.1. The number of aliphatic imine (C=N–C) groups is 1. The first kappa shape index (κ1) is 60.9. The third kappa shape index (κ3) is 21.0. The van der Waals surface area contributed by atoms with Gasteiger partial charge >= 0.3 is 0 Å². The van der Waals surface area contributed by atoms with E-state index in [1.54, 1.807) is 48.5 Å². The Labute approximate surface area is 405 Å². The van der Waals surface area contributed by atoms with E-state index in [2.05, 4.69) is 52.8 Å². The molecule has 0 bridgehead atoms. The molecule has 0 aromatic carbocycles. The van der Waals surface area contributed by atoms with Crippen molar-refractivity contribution in [1.82, 2.24) is 52.8 Å². The highest BCUT2D eigenvalue weighted by molar-refractivity contribution is 5.98. The molecular weight excluding hydrogens is 899 g/mol. The maximum atomic E-state index is 14.1. The number of carbonyl (C=O) groups is 10. The molecule has 14 N–H and O–H groups in total. The van der Waals surface area contributed by atoms with Crippen LogP contribution in [0.5, 0.6) is 0 Å². The monoisotopic (exact) mass is 980 g/mol. The second-order valence-corrected chi connectivity index (χ2v) is 17.9. The van der Waals surface area contributed by atoms with E-state index in [1.807, 2.05) is 6.92 Å².